The highest BCUT2D eigenvalue weighted by Gasteiger charge is 2.22. The number of fused-ring (bicyclic) bond motifs is 1. The molecule has 2 nitrogen and oxygen atoms in total. The number of rotatable bonds is 4. The molecule has 4 heteroatoms. The fourth-order valence-electron chi connectivity index (χ4n) is 2.59. The first-order valence-electron chi connectivity index (χ1n) is 7.15. The molecule has 1 heterocycles. The van der Waals surface area contributed by atoms with Crippen LogP contribution in [0, 0.1) is 0 Å². The Bertz CT molecular complexity index is 775. The highest BCUT2D eigenvalue weighted by atomic mass is 35.5. The molecule has 1 aliphatic rings. The predicted molar refractivity (Wildman–Crippen MR) is 90.4 cm³/mol. The van der Waals surface area contributed by atoms with Crippen molar-refractivity contribution in [1.82, 2.24) is 4.98 Å². The summed E-state index contributed by atoms with van der Waals surface area (Å²) in [5.41, 5.74) is 6.49. The Labute approximate surface area is 132 Å². The zero-order chi connectivity index (χ0) is 14.2. The lowest BCUT2D eigenvalue weighted by atomic mass is 10.1. The van der Waals surface area contributed by atoms with Crippen LogP contribution in [0.15, 0.2) is 41.9 Å². The van der Waals surface area contributed by atoms with Crippen molar-refractivity contribution in [3.63, 3.8) is 0 Å². The van der Waals surface area contributed by atoms with Gasteiger partial charge < -0.3 is 5.32 Å². The molecule has 3 aromatic rings. The van der Waals surface area contributed by atoms with E-state index in [4.69, 9.17) is 11.6 Å². The minimum Gasteiger partial charge on any atom is -0.378 e. The van der Waals surface area contributed by atoms with Gasteiger partial charge in [-0.3, -0.25) is 0 Å². The van der Waals surface area contributed by atoms with Crippen LogP contribution < -0.4 is 5.32 Å². The highest BCUT2D eigenvalue weighted by molar-refractivity contribution is 7.16. The fourth-order valence-corrected chi connectivity index (χ4v) is 3.49. The maximum atomic E-state index is 6.30. The molecule has 4 rings (SSSR count). The summed E-state index contributed by atoms with van der Waals surface area (Å²) in [6, 6.07) is 12.9. The minimum absolute atomic E-state index is 0.725. The first-order chi connectivity index (χ1) is 10.3. The molecular formula is C17H15ClN2S. The van der Waals surface area contributed by atoms with E-state index in [1.54, 1.807) is 11.3 Å². The summed E-state index contributed by atoms with van der Waals surface area (Å²) in [5, 5.41) is 4.16. The number of nitrogens with one attached hydrogen (secondary N) is 1. The molecule has 0 atom stereocenters. The van der Waals surface area contributed by atoms with Gasteiger partial charge in [0.05, 0.1) is 20.9 Å². The van der Waals surface area contributed by atoms with Crippen molar-refractivity contribution in [2.75, 3.05) is 5.32 Å². The molecule has 0 radical (unpaired) electrons. The monoisotopic (exact) mass is 314 g/mol. The molecule has 1 fully saturated rings. The van der Waals surface area contributed by atoms with Crippen LogP contribution in [0.2, 0.25) is 5.02 Å². The van der Waals surface area contributed by atoms with Gasteiger partial charge in [0.25, 0.3) is 0 Å². The molecule has 1 N–H and O–H groups in total. The van der Waals surface area contributed by atoms with Crippen molar-refractivity contribution in [2.24, 2.45) is 0 Å². The smallest absolute Gasteiger partial charge is 0.106 e. The molecule has 1 aromatic heterocycles. The second-order valence-corrected chi connectivity index (χ2v) is 6.78. The first kappa shape index (κ1) is 13.1. The zero-order valence-electron chi connectivity index (χ0n) is 11.5. The normalized spacial score (nSPS) is 14.5. The molecule has 0 bridgehead atoms. The van der Waals surface area contributed by atoms with Crippen molar-refractivity contribution in [3.05, 3.63) is 58.1 Å². The van der Waals surface area contributed by atoms with Crippen molar-refractivity contribution in [1.29, 1.82) is 0 Å². The summed E-state index contributed by atoms with van der Waals surface area (Å²) in [4.78, 5) is 4.41. The van der Waals surface area contributed by atoms with E-state index in [-0.39, 0.29) is 0 Å². The molecule has 21 heavy (non-hydrogen) atoms. The average Bonchev–Trinajstić information content (AvgIpc) is 3.25. The third kappa shape index (κ3) is 2.63. The summed E-state index contributed by atoms with van der Waals surface area (Å²) in [5.74, 6) is 0.810. The van der Waals surface area contributed by atoms with E-state index in [1.807, 2.05) is 17.6 Å². The molecule has 0 unspecified atom stereocenters. The van der Waals surface area contributed by atoms with Gasteiger partial charge in [-0.15, -0.1) is 11.3 Å². The Kier molecular flexibility index (Phi) is 3.32. The summed E-state index contributed by atoms with van der Waals surface area (Å²) in [7, 11) is 0. The van der Waals surface area contributed by atoms with Crippen LogP contribution in [0.3, 0.4) is 0 Å². The van der Waals surface area contributed by atoms with E-state index in [0.29, 0.717) is 0 Å². The van der Waals surface area contributed by atoms with Gasteiger partial charge in [-0.1, -0.05) is 35.9 Å². The lowest BCUT2D eigenvalue weighted by Gasteiger charge is -2.10. The van der Waals surface area contributed by atoms with Gasteiger partial charge in [0.1, 0.15) is 5.52 Å². The Balaban J connectivity index is 1.54. The molecule has 2 aromatic carbocycles. The number of benzene rings is 2. The topological polar surface area (TPSA) is 24.9 Å². The molecule has 0 aliphatic heterocycles. The number of halogens is 1. The molecule has 106 valence electrons. The van der Waals surface area contributed by atoms with Gasteiger partial charge in [-0.05, 0) is 42.0 Å². The fraction of sp³-hybridized carbons (Fsp3) is 0.235. The van der Waals surface area contributed by atoms with Crippen molar-refractivity contribution in [2.45, 2.75) is 25.3 Å². The van der Waals surface area contributed by atoms with Crippen molar-refractivity contribution >= 4 is 38.8 Å². The lowest BCUT2D eigenvalue weighted by Crippen LogP contribution is -2.00. The lowest BCUT2D eigenvalue weighted by molar-refractivity contribution is 1.10. The second-order valence-electron chi connectivity index (χ2n) is 5.49. The van der Waals surface area contributed by atoms with E-state index >= 15 is 0 Å². The Morgan fingerprint density at radius 1 is 1.14 bits per heavy atom. The highest BCUT2D eigenvalue weighted by Crippen LogP contribution is 2.40. The van der Waals surface area contributed by atoms with Gasteiger partial charge in [-0.2, -0.15) is 0 Å². The summed E-state index contributed by atoms with van der Waals surface area (Å²) < 4.78 is 1.16. The summed E-state index contributed by atoms with van der Waals surface area (Å²) in [6.45, 7) is 0.765. The van der Waals surface area contributed by atoms with Crippen LogP contribution >= 0.6 is 22.9 Å². The van der Waals surface area contributed by atoms with Gasteiger partial charge in [0.2, 0.25) is 0 Å². The Hall–Kier alpha value is -1.58. The Morgan fingerprint density at radius 3 is 2.71 bits per heavy atom. The third-order valence-electron chi connectivity index (χ3n) is 3.95. The number of hydrogen-bond donors (Lipinski definition) is 1. The zero-order valence-corrected chi connectivity index (χ0v) is 13.0. The predicted octanol–water partition coefficient (Wildman–Crippen LogP) is 5.44. The van der Waals surface area contributed by atoms with E-state index in [9.17, 15) is 0 Å². The van der Waals surface area contributed by atoms with E-state index in [0.717, 1.165) is 33.4 Å². The first-order valence-corrected chi connectivity index (χ1v) is 8.41. The number of hydrogen-bond acceptors (Lipinski definition) is 3. The molecule has 1 saturated carbocycles. The number of nitrogens with zero attached hydrogens (tertiary/aromatic N) is 1. The Morgan fingerprint density at radius 2 is 1.95 bits per heavy atom. The van der Waals surface area contributed by atoms with E-state index in [2.05, 4.69) is 34.6 Å². The number of thiazole rings is 1. The van der Waals surface area contributed by atoms with Gasteiger partial charge in [0, 0.05) is 6.54 Å². The summed E-state index contributed by atoms with van der Waals surface area (Å²) in [6.07, 6.45) is 2.69. The van der Waals surface area contributed by atoms with Gasteiger partial charge in [0.15, 0.2) is 0 Å². The molecular weight excluding hydrogens is 300 g/mol. The SMILES string of the molecule is Clc1ccc2scnc2c1NCc1ccc(C2CC2)cc1. The third-order valence-corrected chi connectivity index (χ3v) is 5.06. The quantitative estimate of drug-likeness (QED) is 0.693. The maximum absolute atomic E-state index is 6.30. The van der Waals surface area contributed by atoms with Gasteiger partial charge >= 0.3 is 0 Å². The van der Waals surface area contributed by atoms with Gasteiger partial charge in [-0.25, -0.2) is 4.98 Å². The second kappa shape index (κ2) is 5.32. The largest absolute Gasteiger partial charge is 0.378 e. The van der Waals surface area contributed by atoms with Crippen LogP contribution in [-0.4, -0.2) is 4.98 Å². The van der Waals surface area contributed by atoms with Crippen LogP contribution in [0.5, 0.6) is 0 Å². The van der Waals surface area contributed by atoms with Crippen LogP contribution in [0.1, 0.15) is 29.9 Å². The minimum atomic E-state index is 0.725. The van der Waals surface area contributed by atoms with Crippen molar-refractivity contribution in [3.8, 4) is 0 Å². The molecule has 1 aliphatic carbocycles. The molecule has 0 saturated heterocycles. The van der Waals surface area contributed by atoms with Crippen molar-refractivity contribution < 1.29 is 0 Å². The molecule has 0 spiro atoms. The average molecular weight is 315 g/mol. The number of anilines is 1. The van der Waals surface area contributed by atoms with Crippen LogP contribution in [0.4, 0.5) is 5.69 Å². The standard InChI is InChI=1S/C17H15ClN2S/c18-14-7-8-15-17(20-10-21-15)16(14)19-9-11-1-3-12(4-2-11)13-5-6-13/h1-4,7-8,10,13,19H,5-6,9H2. The number of aromatic nitrogens is 1. The van der Waals surface area contributed by atoms with E-state index < -0.39 is 0 Å². The van der Waals surface area contributed by atoms with Crippen LogP contribution in [0.25, 0.3) is 10.2 Å². The maximum Gasteiger partial charge on any atom is 0.106 e. The van der Waals surface area contributed by atoms with Crippen LogP contribution in [-0.2, 0) is 6.54 Å². The summed E-state index contributed by atoms with van der Waals surface area (Å²) >= 11 is 7.94. The van der Waals surface area contributed by atoms with E-state index in [1.165, 1.54) is 24.0 Å². The molecule has 0 amide bonds.